The van der Waals surface area contributed by atoms with Gasteiger partial charge in [-0.25, -0.2) is 9.97 Å². The molecule has 0 aliphatic rings. The Bertz CT molecular complexity index is 445. The molecule has 1 rings (SSSR count). The van der Waals surface area contributed by atoms with Crippen LogP contribution in [-0.2, 0) is 16.1 Å². The zero-order valence-electron chi connectivity index (χ0n) is 13.2. The number of rotatable bonds is 8. The van der Waals surface area contributed by atoms with Crippen molar-refractivity contribution in [1.82, 2.24) is 15.3 Å². The molecule has 0 aromatic carbocycles. The van der Waals surface area contributed by atoms with Crippen LogP contribution in [0.1, 0.15) is 25.8 Å². The van der Waals surface area contributed by atoms with E-state index in [9.17, 15) is 4.79 Å². The Kier molecular flexibility index (Phi) is 6.87. The third-order valence-electron chi connectivity index (χ3n) is 3.42. The summed E-state index contributed by atoms with van der Waals surface area (Å²) in [5.41, 5.74) is 0.666. The molecule has 0 aliphatic heterocycles. The van der Waals surface area contributed by atoms with Crippen molar-refractivity contribution < 1.29 is 19.0 Å². The highest BCUT2D eigenvalue weighted by Crippen LogP contribution is 2.23. The summed E-state index contributed by atoms with van der Waals surface area (Å²) in [6.45, 7) is 4.36. The molecule has 1 N–H and O–H groups in total. The van der Waals surface area contributed by atoms with E-state index in [1.54, 1.807) is 0 Å². The molecule has 0 radical (unpaired) electrons. The Balaban J connectivity index is 2.91. The van der Waals surface area contributed by atoms with Gasteiger partial charge in [-0.05, 0) is 5.92 Å². The van der Waals surface area contributed by atoms with E-state index in [0.717, 1.165) is 6.42 Å². The van der Waals surface area contributed by atoms with Crippen LogP contribution in [0.15, 0.2) is 6.33 Å². The highest BCUT2D eigenvalue weighted by Gasteiger charge is 2.25. The third kappa shape index (κ3) is 4.29. The van der Waals surface area contributed by atoms with Crippen molar-refractivity contribution in [3.05, 3.63) is 11.9 Å². The van der Waals surface area contributed by atoms with E-state index in [-0.39, 0.29) is 11.9 Å². The summed E-state index contributed by atoms with van der Waals surface area (Å²) < 4.78 is 15.3. The quantitative estimate of drug-likeness (QED) is 0.721. The molecule has 1 aromatic heterocycles. The number of aromatic nitrogens is 2. The molecule has 0 bridgehead atoms. The van der Waals surface area contributed by atoms with Gasteiger partial charge < -0.3 is 14.2 Å². The van der Waals surface area contributed by atoms with E-state index >= 15 is 0 Å². The average molecular weight is 297 g/mol. The molecule has 7 nitrogen and oxygen atoms in total. The molecule has 118 valence electrons. The van der Waals surface area contributed by atoms with E-state index in [1.807, 2.05) is 13.8 Å². The van der Waals surface area contributed by atoms with Gasteiger partial charge in [-0.3, -0.25) is 10.1 Å². The van der Waals surface area contributed by atoms with Crippen LogP contribution in [0.5, 0.6) is 11.8 Å². The molecule has 0 aliphatic carbocycles. The van der Waals surface area contributed by atoms with Gasteiger partial charge in [0.1, 0.15) is 12.4 Å². The van der Waals surface area contributed by atoms with Crippen molar-refractivity contribution in [1.29, 1.82) is 0 Å². The molecular formula is C14H23N3O4. The van der Waals surface area contributed by atoms with Crippen molar-refractivity contribution in [2.24, 2.45) is 5.92 Å². The van der Waals surface area contributed by atoms with Gasteiger partial charge in [0.25, 0.3) is 0 Å². The van der Waals surface area contributed by atoms with Crippen LogP contribution >= 0.6 is 0 Å². The van der Waals surface area contributed by atoms with Crippen LogP contribution in [0.25, 0.3) is 0 Å². The van der Waals surface area contributed by atoms with Crippen molar-refractivity contribution in [3.8, 4) is 11.8 Å². The molecular weight excluding hydrogens is 274 g/mol. The fourth-order valence-corrected chi connectivity index (χ4v) is 1.98. The SMILES string of the molecule is CCC(C)C(NCc1c(OC)ncnc1OC)C(=O)OC. The minimum Gasteiger partial charge on any atom is -0.481 e. The van der Waals surface area contributed by atoms with Gasteiger partial charge in [-0.15, -0.1) is 0 Å². The van der Waals surface area contributed by atoms with Crippen LogP contribution < -0.4 is 14.8 Å². The van der Waals surface area contributed by atoms with Crippen molar-refractivity contribution in [2.75, 3.05) is 21.3 Å². The minimum absolute atomic E-state index is 0.138. The molecule has 7 heteroatoms. The van der Waals surface area contributed by atoms with Crippen molar-refractivity contribution in [3.63, 3.8) is 0 Å². The average Bonchev–Trinajstić information content (AvgIpc) is 2.53. The van der Waals surface area contributed by atoms with Gasteiger partial charge in [-0.2, -0.15) is 0 Å². The maximum atomic E-state index is 11.9. The van der Waals surface area contributed by atoms with Crippen molar-refractivity contribution in [2.45, 2.75) is 32.9 Å². The molecule has 0 fully saturated rings. The van der Waals surface area contributed by atoms with Crippen LogP contribution in [-0.4, -0.2) is 43.3 Å². The van der Waals surface area contributed by atoms with E-state index in [0.29, 0.717) is 23.9 Å². The first-order valence-electron chi connectivity index (χ1n) is 6.82. The van der Waals surface area contributed by atoms with E-state index in [2.05, 4.69) is 15.3 Å². The number of carbonyl (C=O) groups excluding carboxylic acids is 1. The molecule has 0 saturated carbocycles. The van der Waals surface area contributed by atoms with Gasteiger partial charge >= 0.3 is 5.97 Å². The number of nitrogens with zero attached hydrogens (tertiary/aromatic N) is 2. The second-order valence-corrected chi connectivity index (χ2v) is 4.64. The monoisotopic (exact) mass is 297 g/mol. The Labute approximate surface area is 125 Å². The largest absolute Gasteiger partial charge is 0.481 e. The summed E-state index contributed by atoms with van der Waals surface area (Å²) in [5, 5.41) is 3.17. The number of nitrogens with one attached hydrogen (secondary N) is 1. The fraction of sp³-hybridized carbons (Fsp3) is 0.643. The van der Waals surface area contributed by atoms with Crippen LogP contribution in [0, 0.1) is 5.92 Å². The van der Waals surface area contributed by atoms with E-state index in [1.165, 1.54) is 27.7 Å². The van der Waals surface area contributed by atoms with Gasteiger partial charge in [0, 0.05) is 6.54 Å². The number of hydrogen-bond donors (Lipinski definition) is 1. The van der Waals surface area contributed by atoms with E-state index < -0.39 is 6.04 Å². The minimum atomic E-state index is -0.408. The number of hydrogen-bond acceptors (Lipinski definition) is 7. The maximum Gasteiger partial charge on any atom is 0.323 e. The topological polar surface area (TPSA) is 82.6 Å². The summed E-state index contributed by atoms with van der Waals surface area (Å²) in [7, 11) is 4.43. The second kappa shape index (κ2) is 8.41. The first-order valence-corrected chi connectivity index (χ1v) is 6.82. The highest BCUT2D eigenvalue weighted by molar-refractivity contribution is 5.76. The number of esters is 1. The molecule has 0 amide bonds. The number of ether oxygens (including phenoxy) is 3. The van der Waals surface area contributed by atoms with E-state index in [4.69, 9.17) is 14.2 Å². The van der Waals surface area contributed by atoms with Gasteiger partial charge in [-0.1, -0.05) is 20.3 Å². The molecule has 0 saturated heterocycles. The number of methoxy groups -OCH3 is 3. The zero-order chi connectivity index (χ0) is 15.8. The van der Waals surface area contributed by atoms with Crippen LogP contribution in [0.4, 0.5) is 0 Å². The predicted molar refractivity (Wildman–Crippen MR) is 77.2 cm³/mol. The van der Waals surface area contributed by atoms with Gasteiger partial charge in [0.15, 0.2) is 0 Å². The number of carbonyl (C=O) groups is 1. The third-order valence-corrected chi connectivity index (χ3v) is 3.42. The molecule has 2 unspecified atom stereocenters. The lowest BCUT2D eigenvalue weighted by atomic mass is 9.99. The summed E-state index contributed by atoms with van der Waals surface area (Å²) in [4.78, 5) is 20.0. The Morgan fingerprint density at radius 2 is 1.81 bits per heavy atom. The standard InChI is InChI=1S/C14H23N3O4/c1-6-9(2)11(14(18)21-5)15-7-10-12(19-3)16-8-17-13(10)20-4/h8-9,11,15H,6-7H2,1-5H3. The lowest BCUT2D eigenvalue weighted by Crippen LogP contribution is -2.42. The maximum absolute atomic E-state index is 11.9. The lowest BCUT2D eigenvalue weighted by Gasteiger charge is -2.22. The lowest BCUT2D eigenvalue weighted by molar-refractivity contribution is -0.144. The normalized spacial score (nSPS) is 13.4. The first kappa shape index (κ1) is 17.2. The summed E-state index contributed by atoms with van der Waals surface area (Å²) in [5.74, 6) is 0.683. The van der Waals surface area contributed by atoms with Crippen LogP contribution in [0.3, 0.4) is 0 Å². The van der Waals surface area contributed by atoms with Crippen LogP contribution in [0.2, 0.25) is 0 Å². The predicted octanol–water partition coefficient (Wildman–Crippen LogP) is 1.17. The first-order chi connectivity index (χ1) is 10.1. The van der Waals surface area contributed by atoms with Gasteiger partial charge in [0.05, 0.1) is 26.9 Å². The second-order valence-electron chi connectivity index (χ2n) is 4.64. The Morgan fingerprint density at radius 1 is 1.24 bits per heavy atom. The summed E-state index contributed by atoms with van der Waals surface area (Å²) in [6, 6.07) is -0.408. The Morgan fingerprint density at radius 3 is 2.24 bits per heavy atom. The zero-order valence-corrected chi connectivity index (χ0v) is 13.2. The molecule has 21 heavy (non-hydrogen) atoms. The highest BCUT2D eigenvalue weighted by atomic mass is 16.5. The molecule has 0 spiro atoms. The molecule has 1 heterocycles. The Hall–Kier alpha value is -1.89. The summed E-state index contributed by atoms with van der Waals surface area (Å²) >= 11 is 0. The smallest absolute Gasteiger partial charge is 0.323 e. The molecule has 1 aromatic rings. The van der Waals surface area contributed by atoms with Crippen molar-refractivity contribution >= 4 is 5.97 Å². The van der Waals surface area contributed by atoms with Gasteiger partial charge in [0.2, 0.25) is 11.8 Å². The fourth-order valence-electron chi connectivity index (χ4n) is 1.98. The molecule has 2 atom stereocenters. The summed E-state index contributed by atoms with van der Waals surface area (Å²) in [6.07, 6.45) is 2.22.